The average molecular weight is 482 g/mol. The normalized spacial score (nSPS) is 21.0. The first-order valence-corrected chi connectivity index (χ1v) is 10.1. The number of aromatic nitrogens is 3. The molecule has 1 saturated carbocycles. The number of nitrogens with two attached hydrogens (primary N) is 1. The molecule has 0 radical (unpaired) electrons. The molecule has 0 saturated heterocycles. The van der Waals surface area contributed by atoms with Gasteiger partial charge in [-0.25, -0.2) is 18.3 Å². The molecule has 0 aliphatic heterocycles. The Morgan fingerprint density at radius 2 is 2.10 bits per heavy atom. The molecule has 156 valence electrons. The minimum absolute atomic E-state index is 0. The van der Waals surface area contributed by atoms with Gasteiger partial charge in [-0.05, 0) is 18.9 Å². The van der Waals surface area contributed by atoms with Crippen molar-refractivity contribution >= 4 is 46.1 Å². The van der Waals surface area contributed by atoms with Crippen molar-refractivity contribution in [1.29, 1.82) is 0 Å². The number of nitrogens with zero attached hydrogens (tertiary/aromatic N) is 3. The molecule has 0 aromatic carbocycles. The van der Waals surface area contributed by atoms with Crippen molar-refractivity contribution in [2.75, 3.05) is 0 Å². The van der Waals surface area contributed by atoms with Crippen LogP contribution in [0.25, 0.3) is 16.8 Å². The van der Waals surface area contributed by atoms with Gasteiger partial charge in [-0.1, -0.05) is 23.2 Å². The van der Waals surface area contributed by atoms with Gasteiger partial charge in [0.1, 0.15) is 10.4 Å². The Hall–Kier alpha value is -1.52. The number of fused-ring (bicyclic) bond motifs is 1. The maximum absolute atomic E-state index is 14.2. The van der Waals surface area contributed by atoms with E-state index < -0.39 is 23.9 Å². The molecule has 3 N–H and O–H groups in total. The van der Waals surface area contributed by atoms with Crippen LogP contribution in [0, 0.1) is 0 Å². The number of carbonyl (C=O) groups is 1. The third-order valence-electron chi connectivity index (χ3n) is 4.74. The third-order valence-corrected chi connectivity index (χ3v) is 6.30. The Kier molecular flexibility index (Phi) is 6.35. The first kappa shape index (κ1) is 22.2. The van der Waals surface area contributed by atoms with Crippen LogP contribution in [0.15, 0.2) is 24.7 Å². The molecule has 3 heterocycles. The van der Waals surface area contributed by atoms with Gasteiger partial charge in [0.25, 0.3) is 11.8 Å². The molecular formula is C17H15Cl3F2N5OS-. The van der Waals surface area contributed by atoms with Gasteiger partial charge in [-0.2, -0.15) is 5.10 Å². The molecule has 3 aromatic heterocycles. The number of rotatable bonds is 3. The summed E-state index contributed by atoms with van der Waals surface area (Å²) in [4.78, 5) is 17.0. The number of amides is 1. The van der Waals surface area contributed by atoms with Gasteiger partial charge in [-0.15, -0.1) is 11.3 Å². The molecule has 2 atom stereocenters. The Morgan fingerprint density at radius 1 is 1.34 bits per heavy atom. The van der Waals surface area contributed by atoms with Gasteiger partial charge in [-0.3, -0.25) is 4.79 Å². The Balaban J connectivity index is 0.00000240. The smallest absolute Gasteiger partial charge is 0.269 e. The predicted molar refractivity (Wildman–Crippen MR) is 104 cm³/mol. The minimum Gasteiger partial charge on any atom is -1.00 e. The molecular weight excluding hydrogens is 467 g/mol. The second-order valence-electron chi connectivity index (χ2n) is 6.66. The highest BCUT2D eigenvalue weighted by Gasteiger charge is 2.46. The highest BCUT2D eigenvalue weighted by molar-refractivity contribution is 7.18. The zero-order chi connectivity index (χ0) is 20.1. The van der Waals surface area contributed by atoms with Gasteiger partial charge in [0, 0.05) is 29.8 Å². The molecule has 6 nitrogen and oxygen atoms in total. The van der Waals surface area contributed by atoms with Crippen molar-refractivity contribution in [2.24, 2.45) is 5.73 Å². The highest BCUT2D eigenvalue weighted by Crippen LogP contribution is 2.38. The molecule has 1 aliphatic rings. The molecule has 4 rings (SSSR count). The van der Waals surface area contributed by atoms with Crippen LogP contribution in [0.2, 0.25) is 9.36 Å². The monoisotopic (exact) mass is 480 g/mol. The molecule has 0 spiro atoms. The summed E-state index contributed by atoms with van der Waals surface area (Å²) < 4.78 is 30.1. The second-order valence-corrected chi connectivity index (χ2v) is 8.76. The lowest BCUT2D eigenvalue weighted by Crippen LogP contribution is -3.00. The lowest BCUT2D eigenvalue weighted by Gasteiger charge is -2.36. The molecule has 1 amide bonds. The van der Waals surface area contributed by atoms with Gasteiger partial charge < -0.3 is 23.5 Å². The van der Waals surface area contributed by atoms with Crippen LogP contribution in [0.1, 0.15) is 28.9 Å². The number of carbonyl (C=O) groups excluding carboxylic acids is 1. The molecule has 3 aromatic rings. The SMILES string of the molecule is N[C@@H]1CCCC(F)(F)[C@@H]1NC(=O)c1cc(-c2cnn3cc(Cl)cnc23)c(Cl)s1.[Cl-]. The van der Waals surface area contributed by atoms with Crippen molar-refractivity contribution in [3.05, 3.63) is 38.9 Å². The van der Waals surface area contributed by atoms with E-state index in [4.69, 9.17) is 28.9 Å². The van der Waals surface area contributed by atoms with E-state index in [2.05, 4.69) is 15.4 Å². The molecule has 12 heteroatoms. The standard InChI is InChI=1S/C17H15Cl2F2N5OS.ClH/c18-8-5-23-15-10(6-24-26(15)7-8)9-4-12(28-14(9)19)16(27)25-13-11(22)2-1-3-17(13,20)21;/h4-7,11,13H,1-3,22H2,(H,25,27);1H/p-1/t11-,13-;/m1./s1. The summed E-state index contributed by atoms with van der Waals surface area (Å²) >= 11 is 13.2. The van der Waals surface area contributed by atoms with E-state index in [0.717, 1.165) is 11.3 Å². The lowest BCUT2D eigenvalue weighted by molar-refractivity contribution is -0.0674. The fourth-order valence-corrected chi connectivity index (χ4v) is 4.69. The number of alkyl halides is 2. The molecule has 1 fully saturated rings. The van der Waals surface area contributed by atoms with Crippen molar-refractivity contribution in [3.63, 3.8) is 0 Å². The average Bonchev–Trinajstić information content (AvgIpc) is 3.20. The summed E-state index contributed by atoms with van der Waals surface area (Å²) in [6, 6.07) is -0.655. The number of halogens is 5. The van der Waals surface area contributed by atoms with Crippen LogP contribution < -0.4 is 23.5 Å². The van der Waals surface area contributed by atoms with E-state index in [9.17, 15) is 13.6 Å². The van der Waals surface area contributed by atoms with E-state index in [1.807, 2.05) is 0 Å². The van der Waals surface area contributed by atoms with E-state index >= 15 is 0 Å². The summed E-state index contributed by atoms with van der Waals surface area (Å²) in [5, 5.41) is 6.98. The van der Waals surface area contributed by atoms with Gasteiger partial charge in [0.2, 0.25) is 0 Å². The highest BCUT2D eigenvalue weighted by atomic mass is 35.5. The largest absolute Gasteiger partial charge is 1.00 e. The first-order chi connectivity index (χ1) is 13.3. The first-order valence-electron chi connectivity index (χ1n) is 8.49. The number of hydrogen-bond donors (Lipinski definition) is 2. The van der Waals surface area contributed by atoms with Crippen molar-refractivity contribution in [3.8, 4) is 11.1 Å². The van der Waals surface area contributed by atoms with Crippen molar-refractivity contribution in [1.82, 2.24) is 19.9 Å². The zero-order valence-corrected chi connectivity index (χ0v) is 17.8. The van der Waals surface area contributed by atoms with Crippen LogP contribution in [0.3, 0.4) is 0 Å². The van der Waals surface area contributed by atoms with Crippen molar-refractivity contribution < 1.29 is 26.0 Å². The minimum atomic E-state index is -3.04. The fourth-order valence-electron chi connectivity index (χ4n) is 3.34. The maximum Gasteiger partial charge on any atom is 0.269 e. The van der Waals surface area contributed by atoms with Crippen LogP contribution >= 0.6 is 34.5 Å². The van der Waals surface area contributed by atoms with E-state index in [1.165, 1.54) is 10.7 Å². The summed E-state index contributed by atoms with van der Waals surface area (Å²) in [5.41, 5.74) is 7.48. The summed E-state index contributed by atoms with van der Waals surface area (Å²) in [6.45, 7) is 0. The summed E-state index contributed by atoms with van der Waals surface area (Å²) in [6.07, 6.45) is 5.10. The third kappa shape index (κ3) is 4.20. The molecule has 0 unspecified atom stereocenters. The molecule has 0 bridgehead atoms. The second kappa shape index (κ2) is 8.31. The van der Waals surface area contributed by atoms with E-state index in [0.29, 0.717) is 39.0 Å². The van der Waals surface area contributed by atoms with Crippen LogP contribution in [-0.2, 0) is 0 Å². The number of thiophene rings is 1. The fraction of sp³-hybridized carbons (Fsp3) is 0.353. The maximum atomic E-state index is 14.2. The topological polar surface area (TPSA) is 85.3 Å². The number of hydrogen-bond acceptors (Lipinski definition) is 5. The molecule has 1 aliphatic carbocycles. The number of nitrogens with one attached hydrogen (secondary N) is 1. The van der Waals surface area contributed by atoms with Gasteiger partial charge in [0.05, 0.1) is 22.3 Å². The Bertz CT molecular complexity index is 1060. The quantitative estimate of drug-likeness (QED) is 0.585. The van der Waals surface area contributed by atoms with Crippen LogP contribution in [-0.4, -0.2) is 38.5 Å². The Labute approximate surface area is 184 Å². The van der Waals surface area contributed by atoms with Crippen LogP contribution in [0.4, 0.5) is 8.78 Å². The predicted octanol–water partition coefficient (Wildman–Crippen LogP) is 1.01. The summed E-state index contributed by atoms with van der Waals surface area (Å²) in [7, 11) is 0. The van der Waals surface area contributed by atoms with Gasteiger partial charge >= 0.3 is 0 Å². The lowest BCUT2D eigenvalue weighted by atomic mass is 9.87. The van der Waals surface area contributed by atoms with Gasteiger partial charge in [0.15, 0.2) is 5.65 Å². The summed E-state index contributed by atoms with van der Waals surface area (Å²) in [5.74, 6) is -3.67. The Morgan fingerprint density at radius 3 is 2.83 bits per heavy atom. The zero-order valence-electron chi connectivity index (χ0n) is 14.7. The molecule has 29 heavy (non-hydrogen) atoms. The van der Waals surface area contributed by atoms with Crippen LogP contribution in [0.5, 0.6) is 0 Å². The van der Waals surface area contributed by atoms with E-state index in [-0.39, 0.29) is 23.7 Å². The van der Waals surface area contributed by atoms with E-state index in [1.54, 1.807) is 18.5 Å². The van der Waals surface area contributed by atoms with Crippen molar-refractivity contribution in [2.45, 2.75) is 37.3 Å².